The van der Waals surface area contributed by atoms with Crippen LogP contribution in [-0.4, -0.2) is 0 Å². The van der Waals surface area contributed by atoms with Gasteiger partial charge in [0.1, 0.15) is 11.5 Å². The molecule has 0 bridgehead atoms. The van der Waals surface area contributed by atoms with Crippen LogP contribution in [0.1, 0.15) is 44.2 Å². The summed E-state index contributed by atoms with van der Waals surface area (Å²) in [7, 11) is 0. The van der Waals surface area contributed by atoms with E-state index in [4.69, 9.17) is 4.74 Å². The lowest BCUT2D eigenvalue weighted by atomic mass is 10.1. The molecule has 0 aliphatic carbocycles. The molecule has 2 aromatic rings. The topological polar surface area (TPSA) is 9.23 Å². The van der Waals surface area contributed by atoms with E-state index in [1.165, 1.54) is 30.4 Å². The first-order valence-electron chi connectivity index (χ1n) is 7.78. The maximum Gasteiger partial charge on any atom is 0.128 e. The van der Waals surface area contributed by atoms with E-state index in [1.54, 1.807) is 0 Å². The maximum absolute atomic E-state index is 5.91. The smallest absolute Gasteiger partial charge is 0.128 e. The Kier molecular flexibility index (Phi) is 6.31. The SMILES string of the molecule is CCCCCc1ccc(Oc2ccc(CC)c(Br)c2)cc1. The highest BCUT2D eigenvalue weighted by molar-refractivity contribution is 9.10. The van der Waals surface area contributed by atoms with Gasteiger partial charge >= 0.3 is 0 Å². The zero-order valence-corrected chi connectivity index (χ0v) is 14.4. The van der Waals surface area contributed by atoms with E-state index < -0.39 is 0 Å². The minimum Gasteiger partial charge on any atom is -0.457 e. The van der Waals surface area contributed by atoms with Crippen LogP contribution in [0.3, 0.4) is 0 Å². The molecular formula is C19H23BrO. The van der Waals surface area contributed by atoms with Gasteiger partial charge in [-0.3, -0.25) is 0 Å². The van der Waals surface area contributed by atoms with Gasteiger partial charge in [-0.2, -0.15) is 0 Å². The van der Waals surface area contributed by atoms with E-state index in [-0.39, 0.29) is 0 Å². The largest absolute Gasteiger partial charge is 0.457 e. The molecule has 0 fully saturated rings. The molecule has 0 aromatic heterocycles. The monoisotopic (exact) mass is 346 g/mol. The van der Waals surface area contributed by atoms with Crippen LogP contribution in [-0.2, 0) is 12.8 Å². The van der Waals surface area contributed by atoms with Crippen molar-refractivity contribution >= 4 is 15.9 Å². The van der Waals surface area contributed by atoms with Gasteiger partial charge in [0, 0.05) is 4.47 Å². The predicted octanol–water partition coefficient (Wildman–Crippen LogP) is 6.54. The Morgan fingerprint density at radius 3 is 2.24 bits per heavy atom. The molecule has 112 valence electrons. The first-order valence-corrected chi connectivity index (χ1v) is 8.57. The summed E-state index contributed by atoms with van der Waals surface area (Å²) in [4.78, 5) is 0. The fraction of sp³-hybridized carbons (Fsp3) is 0.368. The van der Waals surface area contributed by atoms with Gasteiger partial charge in [-0.1, -0.05) is 60.8 Å². The van der Waals surface area contributed by atoms with E-state index >= 15 is 0 Å². The van der Waals surface area contributed by atoms with Crippen molar-refractivity contribution in [2.75, 3.05) is 0 Å². The molecule has 0 radical (unpaired) electrons. The standard InChI is InChI=1S/C19H23BrO/c1-3-5-6-7-15-8-11-17(12-9-15)21-18-13-10-16(4-2)19(20)14-18/h8-14H,3-7H2,1-2H3. The number of rotatable bonds is 7. The second kappa shape index (κ2) is 8.23. The van der Waals surface area contributed by atoms with Gasteiger partial charge < -0.3 is 4.74 Å². The summed E-state index contributed by atoms with van der Waals surface area (Å²) in [5.41, 5.74) is 2.69. The lowest BCUT2D eigenvalue weighted by molar-refractivity contribution is 0.482. The Hall–Kier alpha value is -1.28. The minimum atomic E-state index is 0.873. The molecular weight excluding hydrogens is 324 g/mol. The van der Waals surface area contributed by atoms with Gasteiger partial charge in [0.05, 0.1) is 0 Å². The third-order valence-corrected chi connectivity index (χ3v) is 4.37. The highest BCUT2D eigenvalue weighted by Gasteiger charge is 2.02. The first kappa shape index (κ1) is 16.1. The van der Waals surface area contributed by atoms with Crippen molar-refractivity contribution in [3.8, 4) is 11.5 Å². The van der Waals surface area contributed by atoms with Gasteiger partial charge in [0.15, 0.2) is 0 Å². The molecule has 2 aromatic carbocycles. The zero-order chi connectivity index (χ0) is 15.1. The van der Waals surface area contributed by atoms with Gasteiger partial charge in [-0.05, 0) is 54.7 Å². The number of ether oxygens (including phenoxy) is 1. The summed E-state index contributed by atoms with van der Waals surface area (Å²) in [6, 6.07) is 14.6. The van der Waals surface area contributed by atoms with Crippen LogP contribution >= 0.6 is 15.9 Å². The number of hydrogen-bond acceptors (Lipinski definition) is 1. The Morgan fingerprint density at radius 1 is 0.905 bits per heavy atom. The number of hydrogen-bond donors (Lipinski definition) is 0. The van der Waals surface area contributed by atoms with Crippen LogP contribution in [0, 0.1) is 0 Å². The summed E-state index contributed by atoms with van der Waals surface area (Å²) in [5, 5.41) is 0. The zero-order valence-electron chi connectivity index (χ0n) is 12.9. The average molecular weight is 347 g/mol. The lowest BCUT2D eigenvalue weighted by Gasteiger charge is -2.09. The second-order valence-corrected chi connectivity index (χ2v) is 6.16. The molecule has 2 heteroatoms. The van der Waals surface area contributed by atoms with Crippen molar-refractivity contribution in [2.45, 2.75) is 46.0 Å². The average Bonchev–Trinajstić information content (AvgIpc) is 2.49. The molecule has 0 saturated carbocycles. The number of aryl methyl sites for hydroxylation is 2. The predicted molar refractivity (Wildman–Crippen MR) is 93.3 cm³/mol. The molecule has 21 heavy (non-hydrogen) atoms. The molecule has 1 nitrogen and oxygen atoms in total. The lowest BCUT2D eigenvalue weighted by Crippen LogP contribution is -1.89. The number of benzene rings is 2. The number of halogens is 1. The van der Waals surface area contributed by atoms with Crippen LogP contribution in [0.5, 0.6) is 11.5 Å². The van der Waals surface area contributed by atoms with Crippen LogP contribution in [0.15, 0.2) is 46.9 Å². The Balaban J connectivity index is 1.98. The third kappa shape index (κ3) is 4.89. The van der Waals surface area contributed by atoms with Gasteiger partial charge in [-0.15, -0.1) is 0 Å². The number of unbranched alkanes of at least 4 members (excludes halogenated alkanes) is 2. The quantitative estimate of drug-likeness (QED) is 0.517. The second-order valence-electron chi connectivity index (χ2n) is 5.31. The summed E-state index contributed by atoms with van der Waals surface area (Å²) in [6.45, 7) is 4.39. The first-order chi connectivity index (χ1) is 10.2. The minimum absolute atomic E-state index is 0.873. The van der Waals surface area contributed by atoms with E-state index in [1.807, 2.05) is 12.1 Å². The van der Waals surface area contributed by atoms with Crippen molar-refractivity contribution < 1.29 is 4.74 Å². The highest BCUT2D eigenvalue weighted by Crippen LogP contribution is 2.27. The van der Waals surface area contributed by atoms with E-state index in [9.17, 15) is 0 Å². The maximum atomic E-state index is 5.91. The Bertz CT molecular complexity index is 560. The molecule has 0 unspecified atom stereocenters. The van der Waals surface area contributed by atoms with Gasteiger partial charge in [-0.25, -0.2) is 0 Å². The summed E-state index contributed by atoms with van der Waals surface area (Å²) in [6.07, 6.45) is 6.01. The van der Waals surface area contributed by atoms with Crippen LogP contribution in [0.4, 0.5) is 0 Å². The van der Waals surface area contributed by atoms with Crippen molar-refractivity contribution in [2.24, 2.45) is 0 Å². The molecule has 2 rings (SSSR count). The molecule has 0 N–H and O–H groups in total. The van der Waals surface area contributed by atoms with Crippen molar-refractivity contribution in [1.82, 2.24) is 0 Å². The summed E-state index contributed by atoms with van der Waals surface area (Å²) < 4.78 is 7.02. The van der Waals surface area contributed by atoms with E-state index in [0.717, 1.165) is 28.8 Å². The van der Waals surface area contributed by atoms with E-state index in [0.29, 0.717) is 0 Å². The van der Waals surface area contributed by atoms with Crippen LogP contribution in [0.2, 0.25) is 0 Å². The molecule has 0 aliphatic heterocycles. The fourth-order valence-corrected chi connectivity index (χ4v) is 2.96. The normalized spacial score (nSPS) is 10.6. The summed E-state index contributed by atoms with van der Waals surface area (Å²) >= 11 is 3.59. The van der Waals surface area contributed by atoms with Crippen molar-refractivity contribution in [3.05, 3.63) is 58.1 Å². The van der Waals surface area contributed by atoms with Gasteiger partial charge in [0.2, 0.25) is 0 Å². The fourth-order valence-electron chi connectivity index (χ4n) is 2.32. The molecule has 0 atom stereocenters. The van der Waals surface area contributed by atoms with Crippen LogP contribution in [0.25, 0.3) is 0 Å². The molecule has 0 spiro atoms. The molecule has 0 amide bonds. The molecule has 0 heterocycles. The van der Waals surface area contributed by atoms with E-state index in [2.05, 4.69) is 60.1 Å². The van der Waals surface area contributed by atoms with Crippen molar-refractivity contribution in [3.63, 3.8) is 0 Å². The van der Waals surface area contributed by atoms with Gasteiger partial charge in [0.25, 0.3) is 0 Å². The Labute approximate surface area is 136 Å². The third-order valence-electron chi connectivity index (χ3n) is 3.63. The highest BCUT2D eigenvalue weighted by atomic mass is 79.9. The van der Waals surface area contributed by atoms with Crippen LogP contribution < -0.4 is 4.74 Å². The Morgan fingerprint density at radius 2 is 1.62 bits per heavy atom. The summed E-state index contributed by atoms with van der Waals surface area (Å²) in [5.74, 6) is 1.77. The molecule has 0 aliphatic rings. The van der Waals surface area contributed by atoms with Crippen molar-refractivity contribution in [1.29, 1.82) is 0 Å². The molecule has 0 saturated heterocycles.